The van der Waals surface area contributed by atoms with Gasteiger partial charge in [-0.3, -0.25) is 5.10 Å². The molecule has 1 saturated carbocycles. The van der Waals surface area contributed by atoms with Gasteiger partial charge in [0.25, 0.3) is 0 Å². The van der Waals surface area contributed by atoms with Crippen LogP contribution in [0.5, 0.6) is 0 Å². The Morgan fingerprint density at radius 2 is 2.00 bits per heavy atom. The Morgan fingerprint density at radius 3 is 2.74 bits per heavy atom. The highest BCUT2D eigenvalue weighted by Crippen LogP contribution is 2.32. The van der Waals surface area contributed by atoms with Gasteiger partial charge in [0.1, 0.15) is 5.82 Å². The van der Waals surface area contributed by atoms with Crippen LogP contribution in [0.4, 0.5) is 5.69 Å². The van der Waals surface area contributed by atoms with Crippen LogP contribution in [0.25, 0.3) is 11.4 Å². The van der Waals surface area contributed by atoms with Crippen LogP contribution >= 0.6 is 11.6 Å². The molecule has 3 rings (SSSR count). The Bertz CT molecular complexity index is 573. The normalized spacial score (nSPS) is 16.7. The van der Waals surface area contributed by atoms with Crippen molar-refractivity contribution in [3.05, 3.63) is 29.0 Å². The summed E-state index contributed by atoms with van der Waals surface area (Å²) >= 11 is 6.19. The van der Waals surface area contributed by atoms with Gasteiger partial charge in [-0.05, 0) is 31.0 Å². The second-order valence-electron chi connectivity index (χ2n) is 5.12. The molecule has 3 N–H and O–H groups in total. The summed E-state index contributed by atoms with van der Waals surface area (Å²) in [6, 6.07) is 5.41. The number of halogens is 1. The minimum atomic E-state index is 0.516. The van der Waals surface area contributed by atoms with Crippen molar-refractivity contribution < 1.29 is 0 Å². The summed E-state index contributed by atoms with van der Waals surface area (Å²) in [6.45, 7) is 0. The number of hydrogen-bond acceptors (Lipinski definition) is 3. The predicted molar refractivity (Wildman–Crippen MR) is 77.1 cm³/mol. The van der Waals surface area contributed by atoms with Gasteiger partial charge in [-0.15, -0.1) is 0 Å². The molecule has 1 aliphatic rings. The van der Waals surface area contributed by atoms with Gasteiger partial charge in [0.15, 0.2) is 5.82 Å². The highest BCUT2D eigenvalue weighted by atomic mass is 35.5. The van der Waals surface area contributed by atoms with Gasteiger partial charge < -0.3 is 5.73 Å². The Labute approximate surface area is 117 Å². The Morgan fingerprint density at radius 1 is 1.21 bits per heavy atom. The second kappa shape index (κ2) is 5.21. The van der Waals surface area contributed by atoms with Crippen molar-refractivity contribution in [1.29, 1.82) is 0 Å². The zero-order chi connectivity index (χ0) is 13.2. The van der Waals surface area contributed by atoms with Crippen LogP contribution in [0.2, 0.25) is 5.02 Å². The number of aromatic nitrogens is 3. The fourth-order valence-electron chi connectivity index (χ4n) is 2.67. The van der Waals surface area contributed by atoms with E-state index in [-0.39, 0.29) is 0 Å². The highest BCUT2D eigenvalue weighted by Gasteiger charge is 2.20. The molecule has 1 fully saturated rings. The van der Waals surface area contributed by atoms with Crippen LogP contribution in [0.1, 0.15) is 43.8 Å². The van der Waals surface area contributed by atoms with E-state index in [1.165, 1.54) is 32.1 Å². The molecule has 0 bridgehead atoms. The van der Waals surface area contributed by atoms with E-state index in [9.17, 15) is 0 Å². The number of nitrogens with zero attached hydrogens (tertiary/aromatic N) is 2. The smallest absolute Gasteiger partial charge is 0.182 e. The molecule has 0 saturated heterocycles. The maximum absolute atomic E-state index is 6.19. The number of nitrogen functional groups attached to an aromatic ring is 1. The highest BCUT2D eigenvalue weighted by molar-refractivity contribution is 6.33. The van der Waals surface area contributed by atoms with E-state index in [1.54, 1.807) is 6.07 Å². The summed E-state index contributed by atoms with van der Waals surface area (Å²) in [5.41, 5.74) is 7.17. The quantitative estimate of drug-likeness (QED) is 0.821. The van der Waals surface area contributed by atoms with Gasteiger partial charge in [-0.25, -0.2) is 4.98 Å². The number of benzene rings is 1. The Hall–Kier alpha value is -1.55. The molecule has 19 heavy (non-hydrogen) atoms. The molecule has 2 aromatic rings. The van der Waals surface area contributed by atoms with Crippen LogP contribution in [0, 0.1) is 0 Å². The topological polar surface area (TPSA) is 67.6 Å². The molecule has 5 heteroatoms. The lowest BCUT2D eigenvalue weighted by Crippen LogP contribution is -2.06. The maximum Gasteiger partial charge on any atom is 0.182 e. The molecule has 1 aromatic heterocycles. The number of hydrogen-bond donors (Lipinski definition) is 2. The average molecular weight is 277 g/mol. The van der Waals surface area contributed by atoms with Crippen molar-refractivity contribution in [3.8, 4) is 11.4 Å². The minimum absolute atomic E-state index is 0.516. The van der Waals surface area contributed by atoms with Crippen molar-refractivity contribution in [3.63, 3.8) is 0 Å². The SMILES string of the molecule is Nc1ccc(-c2n[nH]c(C3CCCCC3)n2)c(Cl)c1. The van der Waals surface area contributed by atoms with Crippen molar-refractivity contribution in [2.24, 2.45) is 0 Å². The molecule has 1 heterocycles. The maximum atomic E-state index is 6.19. The molecular weight excluding hydrogens is 260 g/mol. The number of H-pyrrole nitrogens is 1. The van der Waals surface area contributed by atoms with E-state index in [2.05, 4.69) is 15.2 Å². The zero-order valence-corrected chi connectivity index (χ0v) is 11.5. The van der Waals surface area contributed by atoms with Gasteiger partial charge in [0, 0.05) is 17.2 Å². The predicted octanol–water partition coefficient (Wildman–Crippen LogP) is 3.76. The van der Waals surface area contributed by atoms with Crippen molar-refractivity contribution >= 4 is 17.3 Å². The summed E-state index contributed by atoms with van der Waals surface area (Å²) in [6.07, 6.45) is 6.29. The van der Waals surface area contributed by atoms with Crippen molar-refractivity contribution in [2.45, 2.75) is 38.0 Å². The van der Waals surface area contributed by atoms with Gasteiger partial charge in [0.2, 0.25) is 0 Å². The third kappa shape index (κ3) is 2.59. The first-order valence-corrected chi connectivity index (χ1v) is 7.09. The van der Waals surface area contributed by atoms with Crippen LogP contribution in [0.3, 0.4) is 0 Å². The van der Waals surface area contributed by atoms with Gasteiger partial charge >= 0.3 is 0 Å². The standard InChI is InChI=1S/C14H17ClN4/c15-12-8-10(16)6-7-11(12)14-17-13(18-19-14)9-4-2-1-3-5-9/h6-9H,1-5,16H2,(H,17,18,19). The molecular formula is C14H17ClN4. The van der Waals surface area contributed by atoms with E-state index >= 15 is 0 Å². The molecule has 0 atom stereocenters. The molecule has 0 amide bonds. The second-order valence-corrected chi connectivity index (χ2v) is 5.53. The minimum Gasteiger partial charge on any atom is -0.399 e. The van der Waals surface area contributed by atoms with E-state index in [0.29, 0.717) is 22.5 Å². The van der Waals surface area contributed by atoms with Gasteiger partial charge in [0.05, 0.1) is 5.02 Å². The summed E-state index contributed by atoms with van der Waals surface area (Å²) in [5, 5.41) is 7.95. The average Bonchev–Trinajstić information content (AvgIpc) is 2.89. The largest absolute Gasteiger partial charge is 0.399 e. The van der Waals surface area contributed by atoms with Crippen LogP contribution in [-0.2, 0) is 0 Å². The fourth-order valence-corrected chi connectivity index (χ4v) is 2.94. The van der Waals surface area contributed by atoms with Crippen LogP contribution in [-0.4, -0.2) is 15.2 Å². The van der Waals surface area contributed by atoms with E-state index in [0.717, 1.165) is 11.4 Å². The first kappa shape index (κ1) is 12.5. The van der Waals surface area contributed by atoms with Crippen molar-refractivity contribution in [1.82, 2.24) is 15.2 Å². The van der Waals surface area contributed by atoms with Gasteiger partial charge in [-0.1, -0.05) is 30.9 Å². The molecule has 0 unspecified atom stereocenters. The molecule has 0 spiro atoms. The molecule has 100 valence electrons. The zero-order valence-electron chi connectivity index (χ0n) is 10.7. The summed E-state index contributed by atoms with van der Waals surface area (Å²) < 4.78 is 0. The summed E-state index contributed by atoms with van der Waals surface area (Å²) in [5.74, 6) is 2.16. The summed E-state index contributed by atoms with van der Waals surface area (Å²) in [7, 11) is 0. The van der Waals surface area contributed by atoms with Crippen LogP contribution in [0.15, 0.2) is 18.2 Å². The number of anilines is 1. The van der Waals surface area contributed by atoms with Gasteiger partial charge in [-0.2, -0.15) is 5.10 Å². The molecule has 1 aliphatic carbocycles. The number of aromatic amines is 1. The Kier molecular flexibility index (Phi) is 3.42. The van der Waals surface area contributed by atoms with E-state index < -0.39 is 0 Å². The van der Waals surface area contributed by atoms with E-state index in [4.69, 9.17) is 17.3 Å². The third-order valence-electron chi connectivity index (χ3n) is 3.73. The number of nitrogens with one attached hydrogen (secondary N) is 1. The molecule has 0 aliphatic heterocycles. The number of rotatable bonds is 2. The molecule has 1 aromatic carbocycles. The Balaban J connectivity index is 1.87. The lowest BCUT2D eigenvalue weighted by Gasteiger charge is -2.18. The van der Waals surface area contributed by atoms with Crippen molar-refractivity contribution in [2.75, 3.05) is 5.73 Å². The monoisotopic (exact) mass is 276 g/mol. The third-order valence-corrected chi connectivity index (χ3v) is 4.04. The van der Waals surface area contributed by atoms with E-state index in [1.807, 2.05) is 12.1 Å². The number of nitrogens with two attached hydrogens (primary N) is 1. The first-order chi connectivity index (χ1) is 9.24. The molecule has 4 nitrogen and oxygen atoms in total. The lowest BCUT2D eigenvalue weighted by atomic mass is 9.89. The fraction of sp³-hybridized carbons (Fsp3) is 0.429. The molecule has 0 radical (unpaired) electrons. The summed E-state index contributed by atoms with van der Waals surface area (Å²) in [4.78, 5) is 4.60. The lowest BCUT2D eigenvalue weighted by molar-refractivity contribution is 0.429. The first-order valence-electron chi connectivity index (χ1n) is 6.72. The van der Waals surface area contributed by atoms with Crippen LogP contribution < -0.4 is 5.73 Å².